The fraction of sp³-hybridized carbons (Fsp3) is 0.455. The van der Waals surface area contributed by atoms with Gasteiger partial charge in [0.15, 0.2) is 17.7 Å². The summed E-state index contributed by atoms with van der Waals surface area (Å²) in [4.78, 5) is 20.7. The number of primary amides is 1. The molecule has 1 aliphatic heterocycles. The van der Waals surface area contributed by atoms with Crippen LogP contribution in [0.4, 0.5) is 10.6 Å². The van der Waals surface area contributed by atoms with Crippen molar-refractivity contribution in [2.45, 2.75) is 24.5 Å². The maximum atomic E-state index is 9.95. The molecule has 0 aliphatic carbocycles. The molecule has 8 N–H and O–H groups in total. The van der Waals surface area contributed by atoms with Gasteiger partial charge in [-0.1, -0.05) is 0 Å². The number of aromatic nitrogens is 4. The summed E-state index contributed by atoms with van der Waals surface area (Å²) in [5.74, 6) is 0.218. The van der Waals surface area contributed by atoms with Crippen molar-refractivity contribution in [1.82, 2.24) is 19.5 Å². The number of aliphatic hydroxyl groups excluding tert-OH is 3. The Morgan fingerprint density at radius 1 is 1.30 bits per heavy atom. The fourth-order valence-electron chi connectivity index (χ4n) is 2.17. The second-order valence-corrected chi connectivity index (χ2v) is 4.65. The third-order valence-electron chi connectivity index (χ3n) is 3.18. The van der Waals surface area contributed by atoms with E-state index in [1.807, 2.05) is 0 Å². The number of carbonyl (C=O) groups is 1. The number of anilines is 1. The highest BCUT2D eigenvalue weighted by atomic mass is 16.6. The van der Waals surface area contributed by atoms with Crippen LogP contribution in [0.2, 0.25) is 0 Å². The van der Waals surface area contributed by atoms with E-state index in [0.29, 0.717) is 11.2 Å². The van der Waals surface area contributed by atoms with Crippen LogP contribution < -0.4 is 11.5 Å². The number of nitrogens with two attached hydrogens (primary N) is 2. The van der Waals surface area contributed by atoms with Crippen molar-refractivity contribution in [3.05, 3.63) is 12.7 Å². The molecule has 3 heterocycles. The van der Waals surface area contributed by atoms with Gasteiger partial charge in [0, 0.05) is 0 Å². The van der Waals surface area contributed by atoms with Crippen LogP contribution in [0.1, 0.15) is 6.23 Å². The molecule has 0 spiro atoms. The van der Waals surface area contributed by atoms with Gasteiger partial charge in [-0.05, 0) is 0 Å². The van der Waals surface area contributed by atoms with Crippen molar-refractivity contribution in [3.63, 3.8) is 0 Å². The second-order valence-electron chi connectivity index (χ2n) is 4.65. The molecule has 4 atom stereocenters. The number of hydrogen-bond donors (Lipinski definition) is 6. The van der Waals surface area contributed by atoms with Crippen molar-refractivity contribution >= 4 is 23.1 Å². The van der Waals surface area contributed by atoms with Gasteiger partial charge in [-0.3, -0.25) is 4.57 Å². The molecule has 3 rings (SSSR count). The summed E-state index contributed by atoms with van der Waals surface area (Å²) in [6.07, 6.45) is -2.76. The monoisotopic (exact) mass is 328 g/mol. The number of ether oxygens (including phenoxy) is 1. The molecule has 1 amide bonds. The molecule has 0 bridgehead atoms. The first-order valence-electron chi connectivity index (χ1n) is 6.40. The number of carboxylic acid groups (broad SMARTS) is 1. The number of rotatable bonds is 2. The van der Waals surface area contributed by atoms with Crippen LogP contribution in [0.15, 0.2) is 12.7 Å². The first-order valence-corrected chi connectivity index (χ1v) is 6.40. The van der Waals surface area contributed by atoms with Gasteiger partial charge in [-0.15, -0.1) is 0 Å². The maximum Gasteiger partial charge on any atom is 0.402 e. The van der Waals surface area contributed by atoms with Crippen LogP contribution in [0.3, 0.4) is 0 Å². The van der Waals surface area contributed by atoms with Crippen molar-refractivity contribution in [1.29, 1.82) is 0 Å². The van der Waals surface area contributed by atoms with Gasteiger partial charge in [0.25, 0.3) is 0 Å². The highest BCUT2D eigenvalue weighted by Crippen LogP contribution is 2.31. The minimum Gasteiger partial charge on any atom is -0.465 e. The van der Waals surface area contributed by atoms with Crippen LogP contribution in [-0.4, -0.2) is 71.0 Å². The Bertz CT molecular complexity index is 689. The molecule has 126 valence electrons. The molecule has 0 saturated carbocycles. The summed E-state index contributed by atoms with van der Waals surface area (Å²) in [6, 6.07) is 0. The molecule has 2 aromatic heterocycles. The SMILES string of the molecule is NC(=O)O.Nc1ncnc2c1ncn2[C@@H]1O[C@H](CO)[C@@H](O)[C@H]1O. The predicted molar refractivity (Wildman–Crippen MR) is 75.0 cm³/mol. The maximum absolute atomic E-state index is 9.95. The summed E-state index contributed by atoms with van der Waals surface area (Å²) < 4.78 is 6.85. The average molecular weight is 328 g/mol. The number of hydrogen-bond acceptors (Lipinski definition) is 9. The van der Waals surface area contributed by atoms with Gasteiger partial charge in [0.05, 0.1) is 12.9 Å². The molecule has 12 heteroatoms. The highest BCUT2D eigenvalue weighted by molar-refractivity contribution is 5.81. The number of fused-ring (bicyclic) bond motifs is 1. The molecule has 0 unspecified atom stereocenters. The van der Waals surface area contributed by atoms with E-state index in [0.717, 1.165) is 0 Å². The first-order chi connectivity index (χ1) is 10.9. The van der Waals surface area contributed by atoms with Gasteiger partial charge < -0.3 is 36.6 Å². The van der Waals surface area contributed by atoms with E-state index in [1.54, 1.807) is 0 Å². The largest absolute Gasteiger partial charge is 0.465 e. The second kappa shape index (κ2) is 6.70. The third kappa shape index (κ3) is 3.29. The van der Waals surface area contributed by atoms with Crippen molar-refractivity contribution in [2.75, 3.05) is 12.3 Å². The lowest BCUT2D eigenvalue weighted by Gasteiger charge is -2.16. The Balaban J connectivity index is 0.000000433. The fourth-order valence-corrected chi connectivity index (χ4v) is 2.17. The molecule has 23 heavy (non-hydrogen) atoms. The van der Waals surface area contributed by atoms with Gasteiger partial charge >= 0.3 is 6.09 Å². The van der Waals surface area contributed by atoms with E-state index in [-0.39, 0.29) is 5.82 Å². The number of aliphatic hydroxyl groups is 3. The van der Waals surface area contributed by atoms with Crippen molar-refractivity contribution < 1.29 is 30.0 Å². The average Bonchev–Trinajstić information content (AvgIpc) is 3.02. The highest BCUT2D eigenvalue weighted by Gasteiger charge is 2.43. The molecule has 0 aromatic carbocycles. The van der Waals surface area contributed by atoms with Crippen molar-refractivity contribution in [2.24, 2.45) is 5.73 Å². The Labute approximate surface area is 129 Å². The molecule has 1 fully saturated rings. The summed E-state index contributed by atoms with van der Waals surface area (Å²) >= 11 is 0. The van der Waals surface area contributed by atoms with Crippen LogP contribution in [-0.2, 0) is 4.74 Å². The van der Waals surface area contributed by atoms with E-state index in [4.69, 9.17) is 25.5 Å². The summed E-state index contributed by atoms with van der Waals surface area (Å²) in [5, 5.41) is 35.9. The lowest BCUT2D eigenvalue weighted by molar-refractivity contribution is -0.0511. The molecule has 2 aromatic rings. The minimum absolute atomic E-state index is 0.218. The third-order valence-corrected chi connectivity index (χ3v) is 3.18. The molecule has 1 saturated heterocycles. The zero-order valence-electron chi connectivity index (χ0n) is 11.7. The molecular formula is C11H16N6O6. The zero-order chi connectivity index (χ0) is 17.1. The molecule has 0 radical (unpaired) electrons. The molecule has 12 nitrogen and oxygen atoms in total. The smallest absolute Gasteiger partial charge is 0.402 e. The number of imidazole rings is 1. The van der Waals surface area contributed by atoms with E-state index in [1.165, 1.54) is 17.2 Å². The topological polar surface area (TPSA) is 203 Å². The molecular weight excluding hydrogens is 312 g/mol. The molecule has 1 aliphatic rings. The quantitative estimate of drug-likeness (QED) is 0.346. The van der Waals surface area contributed by atoms with Gasteiger partial charge in [-0.25, -0.2) is 19.7 Å². The number of nitrogen functional groups attached to an aromatic ring is 1. The standard InChI is InChI=1S/C10H13N5O4.CH3NO2/c11-8-5-9(13-2-12-8)15(3-14-5)10-7(18)6(17)4(1-16)19-10;2-1(3)4/h2-4,6-7,10,16-18H,1H2,(H2,11,12,13);2H2,(H,3,4)/t4-,6-,7-,10-;/m1./s1. The normalized spacial score (nSPS) is 26.7. The number of nitrogens with zero attached hydrogens (tertiary/aromatic N) is 4. The van der Waals surface area contributed by atoms with E-state index < -0.39 is 37.2 Å². The van der Waals surface area contributed by atoms with Crippen LogP contribution in [0, 0.1) is 0 Å². The van der Waals surface area contributed by atoms with Gasteiger partial charge in [0.2, 0.25) is 0 Å². The van der Waals surface area contributed by atoms with E-state index >= 15 is 0 Å². The summed E-state index contributed by atoms with van der Waals surface area (Å²) in [6.45, 7) is -0.390. The van der Waals surface area contributed by atoms with Gasteiger partial charge in [-0.2, -0.15) is 0 Å². The van der Waals surface area contributed by atoms with Crippen LogP contribution in [0.25, 0.3) is 11.2 Å². The van der Waals surface area contributed by atoms with Crippen LogP contribution >= 0.6 is 0 Å². The lowest BCUT2D eigenvalue weighted by Crippen LogP contribution is -2.33. The van der Waals surface area contributed by atoms with Crippen LogP contribution in [0.5, 0.6) is 0 Å². The predicted octanol–water partition coefficient (Wildman–Crippen LogP) is -2.36. The van der Waals surface area contributed by atoms with E-state index in [9.17, 15) is 10.2 Å². The summed E-state index contributed by atoms with van der Waals surface area (Å²) in [7, 11) is 0. The lowest BCUT2D eigenvalue weighted by atomic mass is 10.1. The Morgan fingerprint density at radius 2 is 1.96 bits per heavy atom. The minimum atomic E-state index is -1.33. The van der Waals surface area contributed by atoms with Crippen molar-refractivity contribution in [3.8, 4) is 0 Å². The zero-order valence-corrected chi connectivity index (χ0v) is 11.7. The number of amides is 1. The van der Waals surface area contributed by atoms with E-state index in [2.05, 4.69) is 20.7 Å². The Hall–Kier alpha value is -2.54. The van der Waals surface area contributed by atoms with Gasteiger partial charge in [0.1, 0.15) is 30.2 Å². The Kier molecular flexibility index (Phi) is 4.90. The summed E-state index contributed by atoms with van der Waals surface area (Å²) in [5.41, 5.74) is 10.5. The first kappa shape index (κ1) is 16.8. The Morgan fingerprint density at radius 3 is 2.52 bits per heavy atom.